The summed E-state index contributed by atoms with van der Waals surface area (Å²) in [7, 11) is 3.49. The number of halogens is 1. The smallest absolute Gasteiger partial charge is 0.194 e. The lowest BCUT2D eigenvalue weighted by Crippen LogP contribution is -2.41. The number of hydrogen-bond donors (Lipinski definition) is 2. The van der Waals surface area contributed by atoms with Gasteiger partial charge >= 0.3 is 0 Å². The second-order valence-electron chi connectivity index (χ2n) is 7.76. The molecule has 8 nitrogen and oxygen atoms in total. The molecule has 2 bridgehead atoms. The van der Waals surface area contributed by atoms with E-state index in [0.29, 0.717) is 36.4 Å². The van der Waals surface area contributed by atoms with Gasteiger partial charge in [0.1, 0.15) is 11.6 Å². The van der Waals surface area contributed by atoms with Gasteiger partial charge in [0.2, 0.25) is 0 Å². The first kappa shape index (κ1) is 20.4. The Morgan fingerprint density at radius 2 is 1.93 bits per heavy atom. The molecule has 2 N–H and O–H groups in total. The maximum absolute atomic E-state index is 6.07. The van der Waals surface area contributed by atoms with E-state index < -0.39 is 0 Å². The van der Waals surface area contributed by atoms with Crippen molar-refractivity contribution in [1.82, 2.24) is 25.4 Å². The Morgan fingerprint density at radius 1 is 1.24 bits per heavy atom. The molecule has 1 aromatic heterocycles. The minimum atomic E-state index is 0. The fourth-order valence-corrected chi connectivity index (χ4v) is 4.87. The molecule has 4 unspecified atom stereocenters. The molecule has 9 heteroatoms. The largest absolute Gasteiger partial charge is 0.497 e. The summed E-state index contributed by atoms with van der Waals surface area (Å²) in [6, 6.07) is 7.73. The van der Waals surface area contributed by atoms with Crippen molar-refractivity contribution in [1.29, 1.82) is 0 Å². The number of aromatic amines is 1. The van der Waals surface area contributed by atoms with Crippen LogP contribution in [0.3, 0.4) is 0 Å². The van der Waals surface area contributed by atoms with Gasteiger partial charge in [0, 0.05) is 37.5 Å². The van der Waals surface area contributed by atoms with Gasteiger partial charge < -0.3 is 19.7 Å². The van der Waals surface area contributed by atoms with Gasteiger partial charge in [0.25, 0.3) is 0 Å². The van der Waals surface area contributed by atoms with Crippen molar-refractivity contribution in [3.8, 4) is 17.1 Å². The molecular formula is C20H27IN6O2. The summed E-state index contributed by atoms with van der Waals surface area (Å²) in [5, 5.41) is 10.8. The average Bonchev–Trinajstić information content (AvgIpc) is 3.50. The van der Waals surface area contributed by atoms with Crippen molar-refractivity contribution in [2.45, 2.75) is 31.6 Å². The zero-order valence-electron chi connectivity index (χ0n) is 16.7. The lowest BCUT2D eigenvalue weighted by atomic mass is 9.82. The SMILES string of the molecule is CN=C(NCc1nc(-c2ccc(OC)cc2)n[nH]1)N1CC2C3CCC(O3)C2C1.I. The third kappa shape index (κ3) is 3.81. The monoisotopic (exact) mass is 510 g/mol. The first-order chi connectivity index (χ1) is 13.7. The molecule has 0 saturated carbocycles. The molecule has 4 heterocycles. The molecular weight excluding hydrogens is 483 g/mol. The molecule has 1 aromatic carbocycles. The topological polar surface area (TPSA) is 87.7 Å². The highest BCUT2D eigenvalue weighted by Gasteiger charge is 2.53. The summed E-state index contributed by atoms with van der Waals surface area (Å²) in [5.74, 6) is 4.53. The Morgan fingerprint density at radius 3 is 2.55 bits per heavy atom. The van der Waals surface area contributed by atoms with Crippen LogP contribution in [0, 0.1) is 11.8 Å². The Labute approximate surface area is 187 Å². The molecule has 0 amide bonds. The van der Waals surface area contributed by atoms with E-state index in [-0.39, 0.29) is 24.0 Å². The van der Waals surface area contributed by atoms with Crippen molar-refractivity contribution in [2.24, 2.45) is 16.8 Å². The van der Waals surface area contributed by atoms with Crippen LogP contribution in [0.5, 0.6) is 5.75 Å². The van der Waals surface area contributed by atoms with Crippen LogP contribution in [0.15, 0.2) is 29.3 Å². The van der Waals surface area contributed by atoms with E-state index in [1.165, 1.54) is 12.8 Å². The van der Waals surface area contributed by atoms with E-state index in [4.69, 9.17) is 9.47 Å². The van der Waals surface area contributed by atoms with E-state index in [0.717, 1.165) is 36.2 Å². The Balaban J connectivity index is 0.00000205. The molecule has 5 rings (SSSR count). The fourth-order valence-electron chi connectivity index (χ4n) is 4.87. The number of aliphatic imine (C=N–C) groups is 1. The summed E-state index contributed by atoms with van der Waals surface area (Å²) < 4.78 is 11.3. The lowest BCUT2D eigenvalue weighted by molar-refractivity contribution is 0.0767. The molecule has 2 aromatic rings. The highest BCUT2D eigenvalue weighted by Crippen LogP contribution is 2.47. The number of fused-ring (bicyclic) bond motifs is 5. The minimum absolute atomic E-state index is 0. The zero-order valence-corrected chi connectivity index (χ0v) is 19.0. The Hall–Kier alpha value is -1.88. The molecule has 0 aliphatic carbocycles. The summed E-state index contributed by atoms with van der Waals surface area (Å²) in [4.78, 5) is 11.4. The van der Waals surface area contributed by atoms with Crippen molar-refractivity contribution in [2.75, 3.05) is 27.2 Å². The standard InChI is InChI=1S/C20H26N6O2.HI/c1-21-20(26-10-14-15(11-26)17-8-7-16(14)28-17)22-9-18-23-19(25-24-18)12-3-5-13(27-2)6-4-12;/h3-6,14-17H,7-11H2,1-2H3,(H,21,22)(H,23,24,25);1H. The van der Waals surface area contributed by atoms with E-state index in [2.05, 4.69) is 30.4 Å². The van der Waals surface area contributed by atoms with Crippen molar-refractivity contribution in [3.63, 3.8) is 0 Å². The number of likely N-dealkylation sites (tertiary alicyclic amines) is 1. The van der Waals surface area contributed by atoms with Gasteiger partial charge in [-0.25, -0.2) is 4.98 Å². The predicted molar refractivity (Wildman–Crippen MR) is 120 cm³/mol. The molecule has 3 fully saturated rings. The van der Waals surface area contributed by atoms with Crippen LogP contribution in [0.25, 0.3) is 11.4 Å². The fraction of sp³-hybridized carbons (Fsp3) is 0.550. The quantitative estimate of drug-likeness (QED) is 0.373. The number of benzene rings is 1. The Bertz CT molecular complexity index is 852. The Kier molecular flexibility index (Phi) is 5.95. The zero-order chi connectivity index (χ0) is 19.1. The number of aromatic nitrogens is 3. The maximum Gasteiger partial charge on any atom is 0.194 e. The van der Waals surface area contributed by atoms with Gasteiger partial charge in [-0.2, -0.15) is 5.10 Å². The van der Waals surface area contributed by atoms with Crippen LogP contribution in [0.1, 0.15) is 18.7 Å². The first-order valence-electron chi connectivity index (χ1n) is 9.92. The van der Waals surface area contributed by atoms with Crippen LogP contribution in [0.2, 0.25) is 0 Å². The van der Waals surface area contributed by atoms with Gasteiger partial charge in [0.15, 0.2) is 11.8 Å². The third-order valence-corrected chi connectivity index (χ3v) is 6.26. The summed E-state index contributed by atoms with van der Waals surface area (Å²) in [6.45, 7) is 2.61. The molecule has 4 atom stereocenters. The predicted octanol–water partition coefficient (Wildman–Crippen LogP) is 2.28. The minimum Gasteiger partial charge on any atom is -0.497 e. The normalized spacial score (nSPS) is 27.7. The average molecular weight is 510 g/mol. The number of nitrogens with one attached hydrogen (secondary N) is 2. The second kappa shape index (κ2) is 8.47. The molecule has 0 radical (unpaired) electrons. The number of methoxy groups -OCH3 is 1. The van der Waals surface area contributed by atoms with Crippen LogP contribution < -0.4 is 10.1 Å². The van der Waals surface area contributed by atoms with E-state index in [1.807, 2.05) is 31.3 Å². The number of nitrogens with zero attached hydrogens (tertiary/aromatic N) is 4. The second-order valence-corrected chi connectivity index (χ2v) is 7.76. The summed E-state index contributed by atoms with van der Waals surface area (Å²) >= 11 is 0. The van der Waals surface area contributed by atoms with Crippen molar-refractivity contribution < 1.29 is 9.47 Å². The highest BCUT2D eigenvalue weighted by molar-refractivity contribution is 14.0. The molecule has 3 saturated heterocycles. The highest BCUT2D eigenvalue weighted by atomic mass is 127. The summed E-state index contributed by atoms with van der Waals surface area (Å²) in [6.07, 6.45) is 3.36. The van der Waals surface area contributed by atoms with Gasteiger partial charge in [0.05, 0.1) is 25.9 Å². The first-order valence-corrected chi connectivity index (χ1v) is 9.92. The van der Waals surface area contributed by atoms with Crippen LogP contribution in [-0.2, 0) is 11.3 Å². The molecule has 29 heavy (non-hydrogen) atoms. The number of hydrogen-bond acceptors (Lipinski definition) is 5. The molecule has 0 spiro atoms. The third-order valence-electron chi connectivity index (χ3n) is 6.26. The van der Waals surface area contributed by atoms with Crippen LogP contribution in [0.4, 0.5) is 0 Å². The molecule has 156 valence electrons. The van der Waals surface area contributed by atoms with Gasteiger partial charge in [-0.1, -0.05) is 0 Å². The van der Waals surface area contributed by atoms with Crippen molar-refractivity contribution in [3.05, 3.63) is 30.1 Å². The van der Waals surface area contributed by atoms with Crippen LogP contribution >= 0.6 is 24.0 Å². The number of H-pyrrole nitrogens is 1. The number of rotatable bonds is 4. The molecule has 3 aliphatic heterocycles. The number of ether oxygens (including phenoxy) is 2. The number of guanidine groups is 1. The van der Waals surface area contributed by atoms with E-state index >= 15 is 0 Å². The van der Waals surface area contributed by atoms with E-state index in [9.17, 15) is 0 Å². The van der Waals surface area contributed by atoms with Crippen molar-refractivity contribution >= 4 is 29.9 Å². The summed E-state index contributed by atoms with van der Waals surface area (Å²) in [5.41, 5.74) is 0.954. The lowest BCUT2D eigenvalue weighted by Gasteiger charge is -2.23. The van der Waals surface area contributed by atoms with E-state index in [1.54, 1.807) is 7.11 Å². The van der Waals surface area contributed by atoms with Gasteiger partial charge in [-0.3, -0.25) is 10.1 Å². The maximum atomic E-state index is 6.07. The van der Waals surface area contributed by atoms with Gasteiger partial charge in [-0.05, 0) is 37.1 Å². The van der Waals surface area contributed by atoms with Gasteiger partial charge in [-0.15, -0.1) is 24.0 Å². The van der Waals surface area contributed by atoms with Crippen LogP contribution in [-0.4, -0.2) is 65.5 Å². The molecule has 3 aliphatic rings.